The van der Waals surface area contributed by atoms with E-state index in [-0.39, 0.29) is 6.04 Å². The van der Waals surface area contributed by atoms with Crippen molar-refractivity contribution in [3.8, 4) is 0 Å². The van der Waals surface area contributed by atoms with Crippen molar-refractivity contribution < 1.29 is 0 Å². The van der Waals surface area contributed by atoms with E-state index in [0.717, 1.165) is 10.9 Å². The summed E-state index contributed by atoms with van der Waals surface area (Å²) in [5.74, 6) is 0. The fourth-order valence-electron chi connectivity index (χ4n) is 3.14. The number of allylic oxidation sites excluding steroid dienone is 1. The van der Waals surface area contributed by atoms with Crippen molar-refractivity contribution in [3.63, 3.8) is 0 Å². The van der Waals surface area contributed by atoms with Crippen molar-refractivity contribution in [2.75, 3.05) is 0 Å². The second-order valence-corrected chi connectivity index (χ2v) is 6.88. The van der Waals surface area contributed by atoms with Crippen LogP contribution in [0.3, 0.4) is 0 Å². The molecule has 0 radical (unpaired) electrons. The second kappa shape index (κ2) is 6.76. The maximum Gasteiger partial charge on any atom is 0.0511 e. The standard InChI is InChI=1S/C19H22BrN/c20-18-11-10-15-12-17(9-8-16(15)13-18)19(21)14-6-4-2-1-3-5-7-14/h6,8-13,19H,1-5,7,21H2/b14-6+. The van der Waals surface area contributed by atoms with Crippen LogP contribution in [0.25, 0.3) is 10.8 Å². The van der Waals surface area contributed by atoms with E-state index >= 15 is 0 Å². The quantitative estimate of drug-likeness (QED) is 0.676. The first-order valence-corrected chi connectivity index (χ1v) is 8.67. The number of hydrogen-bond donors (Lipinski definition) is 1. The third-order valence-corrected chi connectivity index (χ3v) is 4.90. The number of rotatable bonds is 2. The summed E-state index contributed by atoms with van der Waals surface area (Å²) < 4.78 is 1.12. The van der Waals surface area contributed by atoms with E-state index in [9.17, 15) is 0 Å². The van der Waals surface area contributed by atoms with Crippen molar-refractivity contribution in [3.05, 3.63) is 58.1 Å². The van der Waals surface area contributed by atoms with E-state index in [4.69, 9.17) is 5.73 Å². The van der Waals surface area contributed by atoms with Crippen LogP contribution >= 0.6 is 15.9 Å². The first kappa shape index (κ1) is 14.8. The summed E-state index contributed by atoms with van der Waals surface area (Å²) in [7, 11) is 0. The molecule has 1 atom stereocenters. The molecule has 2 aromatic rings. The molecule has 0 fully saturated rings. The summed E-state index contributed by atoms with van der Waals surface area (Å²) in [6.07, 6.45) is 10.0. The van der Waals surface area contributed by atoms with E-state index in [1.807, 2.05) is 0 Å². The predicted octanol–water partition coefficient (Wildman–Crippen LogP) is 5.88. The van der Waals surface area contributed by atoms with Gasteiger partial charge in [-0.3, -0.25) is 0 Å². The average molecular weight is 344 g/mol. The molecule has 1 aliphatic rings. The van der Waals surface area contributed by atoms with Crippen LogP contribution in [0.5, 0.6) is 0 Å². The van der Waals surface area contributed by atoms with E-state index in [0.29, 0.717) is 0 Å². The molecule has 0 amide bonds. The minimum Gasteiger partial charge on any atom is -0.321 e. The Hall–Kier alpha value is -1.12. The van der Waals surface area contributed by atoms with Crippen molar-refractivity contribution >= 4 is 26.7 Å². The molecular formula is C19H22BrN. The molecule has 2 N–H and O–H groups in total. The van der Waals surface area contributed by atoms with Crippen LogP contribution in [0.4, 0.5) is 0 Å². The lowest BCUT2D eigenvalue weighted by Gasteiger charge is -2.19. The Morgan fingerprint density at radius 2 is 1.67 bits per heavy atom. The molecule has 0 heterocycles. The van der Waals surface area contributed by atoms with Crippen molar-refractivity contribution in [1.82, 2.24) is 0 Å². The molecule has 0 spiro atoms. The maximum atomic E-state index is 6.53. The van der Waals surface area contributed by atoms with Gasteiger partial charge in [-0.15, -0.1) is 0 Å². The molecule has 2 heteroatoms. The van der Waals surface area contributed by atoms with Gasteiger partial charge in [0.1, 0.15) is 0 Å². The highest BCUT2D eigenvalue weighted by Gasteiger charge is 2.13. The smallest absolute Gasteiger partial charge is 0.0511 e. The van der Waals surface area contributed by atoms with E-state index in [1.54, 1.807) is 0 Å². The van der Waals surface area contributed by atoms with Crippen LogP contribution in [0.2, 0.25) is 0 Å². The van der Waals surface area contributed by atoms with Crippen molar-refractivity contribution in [2.45, 2.75) is 44.6 Å². The van der Waals surface area contributed by atoms with Crippen molar-refractivity contribution in [1.29, 1.82) is 0 Å². The largest absolute Gasteiger partial charge is 0.321 e. The zero-order chi connectivity index (χ0) is 14.7. The van der Waals surface area contributed by atoms with Crippen LogP contribution in [-0.4, -0.2) is 0 Å². The van der Waals surface area contributed by atoms with Crippen molar-refractivity contribution in [2.24, 2.45) is 5.73 Å². The maximum absolute atomic E-state index is 6.53. The summed E-state index contributed by atoms with van der Waals surface area (Å²) >= 11 is 3.52. The minimum absolute atomic E-state index is 0.0520. The van der Waals surface area contributed by atoms with Gasteiger partial charge in [-0.1, -0.05) is 58.6 Å². The van der Waals surface area contributed by atoms with Gasteiger partial charge in [-0.25, -0.2) is 0 Å². The van der Waals surface area contributed by atoms with E-state index in [2.05, 4.69) is 58.4 Å². The van der Waals surface area contributed by atoms with Gasteiger partial charge in [-0.2, -0.15) is 0 Å². The number of hydrogen-bond acceptors (Lipinski definition) is 1. The molecule has 0 saturated carbocycles. The first-order chi connectivity index (χ1) is 10.2. The first-order valence-electron chi connectivity index (χ1n) is 7.88. The van der Waals surface area contributed by atoms with Gasteiger partial charge in [0.25, 0.3) is 0 Å². The summed E-state index contributed by atoms with van der Waals surface area (Å²) in [4.78, 5) is 0. The topological polar surface area (TPSA) is 26.0 Å². The fourth-order valence-corrected chi connectivity index (χ4v) is 3.52. The molecule has 1 unspecified atom stereocenters. The van der Waals surface area contributed by atoms with Gasteiger partial charge in [-0.05, 0) is 60.2 Å². The highest BCUT2D eigenvalue weighted by atomic mass is 79.9. The third kappa shape index (κ3) is 3.56. The zero-order valence-corrected chi connectivity index (χ0v) is 13.9. The summed E-state index contributed by atoms with van der Waals surface area (Å²) in [6.45, 7) is 0. The van der Waals surface area contributed by atoms with Gasteiger partial charge >= 0.3 is 0 Å². The molecule has 1 aliphatic carbocycles. The summed E-state index contributed by atoms with van der Waals surface area (Å²) in [5.41, 5.74) is 9.19. The average Bonchev–Trinajstić information content (AvgIpc) is 2.46. The van der Waals surface area contributed by atoms with E-state index in [1.165, 1.54) is 54.0 Å². The number of benzene rings is 2. The Bertz CT molecular complexity index is 660. The normalized spacial score (nSPS) is 20.4. The van der Waals surface area contributed by atoms with Crippen LogP contribution in [0.15, 0.2) is 52.5 Å². The van der Waals surface area contributed by atoms with E-state index < -0.39 is 0 Å². The lowest BCUT2D eigenvalue weighted by molar-refractivity contribution is 0.602. The zero-order valence-electron chi connectivity index (χ0n) is 12.3. The molecule has 0 saturated heterocycles. The summed E-state index contributed by atoms with van der Waals surface area (Å²) in [5, 5.41) is 2.52. The van der Waals surface area contributed by atoms with Gasteiger partial charge in [0.05, 0.1) is 6.04 Å². The highest BCUT2D eigenvalue weighted by molar-refractivity contribution is 9.10. The Kier molecular flexibility index (Phi) is 4.77. The third-order valence-electron chi connectivity index (χ3n) is 4.41. The van der Waals surface area contributed by atoms with Gasteiger partial charge < -0.3 is 5.73 Å². The fraction of sp³-hybridized carbons (Fsp3) is 0.368. The van der Waals surface area contributed by atoms with Gasteiger partial charge in [0.2, 0.25) is 0 Å². The molecule has 2 aromatic carbocycles. The van der Waals surface area contributed by atoms with Crippen LogP contribution in [0, 0.1) is 0 Å². The van der Waals surface area contributed by atoms with Crippen LogP contribution in [0.1, 0.15) is 50.1 Å². The van der Waals surface area contributed by atoms with Crippen LogP contribution in [-0.2, 0) is 0 Å². The molecule has 1 nitrogen and oxygen atoms in total. The monoisotopic (exact) mass is 343 g/mol. The minimum atomic E-state index is 0.0520. The SMILES string of the molecule is NC(/C1=C/CCCCCC1)c1ccc2cc(Br)ccc2c1. The predicted molar refractivity (Wildman–Crippen MR) is 94.4 cm³/mol. The number of halogens is 1. The molecule has 3 rings (SSSR count). The Balaban J connectivity index is 1.89. The van der Waals surface area contributed by atoms with Crippen LogP contribution < -0.4 is 5.73 Å². The Morgan fingerprint density at radius 1 is 0.905 bits per heavy atom. The Labute approximate surface area is 135 Å². The Morgan fingerprint density at radius 3 is 2.57 bits per heavy atom. The number of fused-ring (bicyclic) bond motifs is 1. The van der Waals surface area contributed by atoms with Gasteiger partial charge in [0, 0.05) is 4.47 Å². The number of nitrogens with two attached hydrogens (primary N) is 1. The molecule has 110 valence electrons. The molecule has 21 heavy (non-hydrogen) atoms. The lowest BCUT2D eigenvalue weighted by atomic mass is 9.90. The molecule has 0 aromatic heterocycles. The lowest BCUT2D eigenvalue weighted by Crippen LogP contribution is -2.14. The molecule has 0 bridgehead atoms. The molecule has 0 aliphatic heterocycles. The van der Waals surface area contributed by atoms with Gasteiger partial charge in [0.15, 0.2) is 0 Å². The summed E-state index contributed by atoms with van der Waals surface area (Å²) in [6, 6.07) is 13.1. The highest BCUT2D eigenvalue weighted by Crippen LogP contribution is 2.29. The second-order valence-electron chi connectivity index (χ2n) is 5.96. The molecular weight excluding hydrogens is 322 g/mol.